The molecule has 4 nitrogen and oxygen atoms in total. The van der Waals surface area contributed by atoms with Crippen LogP contribution in [-0.4, -0.2) is 47.8 Å². The average molecular weight is 316 g/mol. The molecule has 1 saturated heterocycles. The van der Waals surface area contributed by atoms with Gasteiger partial charge in [0.05, 0.1) is 5.92 Å². The van der Waals surface area contributed by atoms with E-state index in [1.807, 2.05) is 6.08 Å². The normalized spacial score (nSPS) is 21.3. The molecule has 1 aromatic carbocycles. The number of likely N-dealkylation sites (tertiary alicyclic amines) is 1. The zero-order valence-corrected chi connectivity index (χ0v) is 13.3. The Morgan fingerprint density at radius 2 is 2.00 bits per heavy atom. The third-order valence-corrected chi connectivity index (χ3v) is 4.67. The van der Waals surface area contributed by atoms with Gasteiger partial charge in [-0.3, -0.25) is 9.59 Å². The monoisotopic (exact) mass is 316 g/mol. The molecule has 1 unspecified atom stereocenters. The molecule has 2 aliphatic rings. The number of amides is 2. The van der Waals surface area contributed by atoms with Crippen molar-refractivity contribution in [3.05, 3.63) is 41.7 Å². The molecule has 2 heterocycles. The minimum absolute atomic E-state index is 0.0223. The molecule has 3 rings (SSSR count). The minimum Gasteiger partial charge on any atom is -0.342 e. The van der Waals surface area contributed by atoms with Gasteiger partial charge in [-0.15, -0.1) is 0 Å². The predicted octanol–water partition coefficient (Wildman–Crippen LogP) is 2.31. The minimum atomic E-state index is -0.256. The number of nitrogens with zero attached hydrogens (tertiary/aromatic N) is 2. The Labute approximate surface area is 135 Å². The second kappa shape index (κ2) is 6.52. The lowest BCUT2D eigenvalue weighted by molar-refractivity contribution is -0.139. The van der Waals surface area contributed by atoms with Crippen molar-refractivity contribution in [2.24, 2.45) is 5.92 Å². The van der Waals surface area contributed by atoms with E-state index in [0.717, 1.165) is 25.0 Å². The summed E-state index contributed by atoms with van der Waals surface area (Å²) in [5.41, 5.74) is 1.42. The Bertz CT molecular complexity index is 656. The Balaban J connectivity index is 1.65. The Morgan fingerprint density at radius 3 is 2.74 bits per heavy atom. The summed E-state index contributed by atoms with van der Waals surface area (Å²) < 4.78 is 13.9. The molecule has 0 aliphatic carbocycles. The molecule has 122 valence electrons. The van der Waals surface area contributed by atoms with E-state index in [0.29, 0.717) is 25.2 Å². The van der Waals surface area contributed by atoms with Crippen molar-refractivity contribution < 1.29 is 14.0 Å². The predicted molar refractivity (Wildman–Crippen MR) is 85.9 cm³/mol. The highest BCUT2D eigenvalue weighted by molar-refractivity contribution is 5.84. The van der Waals surface area contributed by atoms with Crippen molar-refractivity contribution in [3.8, 4) is 0 Å². The largest absolute Gasteiger partial charge is 0.342 e. The molecule has 2 aliphatic heterocycles. The highest BCUT2D eigenvalue weighted by Crippen LogP contribution is 2.26. The quantitative estimate of drug-likeness (QED) is 0.840. The lowest BCUT2D eigenvalue weighted by Gasteiger charge is -2.33. The van der Waals surface area contributed by atoms with Crippen LogP contribution < -0.4 is 0 Å². The molecule has 0 radical (unpaired) electrons. The number of carbonyl (C=O) groups is 2. The Kier molecular flexibility index (Phi) is 4.46. The summed E-state index contributed by atoms with van der Waals surface area (Å²) in [5.74, 6) is -0.304. The zero-order valence-electron chi connectivity index (χ0n) is 13.3. The fourth-order valence-corrected chi connectivity index (χ4v) is 3.36. The van der Waals surface area contributed by atoms with Crippen molar-refractivity contribution in [3.63, 3.8) is 0 Å². The molecule has 0 aromatic heterocycles. The molecule has 1 atom stereocenters. The van der Waals surface area contributed by atoms with Crippen molar-refractivity contribution in [1.29, 1.82) is 0 Å². The molecule has 0 saturated carbocycles. The topological polar surface area (TPSA) is 40.6 Å². The fraction of sp³-hybridized carbons (Fsp3) is 0.444. The number of carbonyl (C=O) groups excluding carboxylic acids is 2. The summed E-state index contributed by atoms with van der Waals surface area (Å²) in [7, 11) is 0. The van der Waals surface area contributed by atoms with Gasteiger partial charge in [0.15, 0.2) is 0 Å². The van der Waals surface area contributed by atoms with Crippen molar-refractivity contribution in [1.82, 2.24) is 9.80 Å². The van der Waals surface area contributed by atoms with Gasteiger partial charge < -0.3 is 9.80 Å². The molecule has 2 amide bonds. The van der Waals surface area contributed by atoms with Crippen LogP contribution in [0.2, 0.25) is 0 Å². The van der Waals surface area contributed by atoms with Crippen LogP contribution in [0.15, 0.2) is 30.3 Å². The summed E-state index contributed by atoms with van der Waals surface area (Å²) >= 11 is 0. The lowest BCUT2D eigenvalue weighted by Crippen LogP contribution is -2.45. The maximum atomic E-state index is 13.9. The van der Waals surface area contributed by atoms with E-state index in [-0.39, 0.29) is 23.5 Å². The van der Waals surface area contributed by atoms with Gasteiger partial charge >= 0.3 is 0 Å². The highest BCUT2D eigenvalue weighted by Gasteiger charge is 2.32. The van der Waals surface area contributed by atoms with E-state index in [2.05, 4.69) is 0 Å². The second-order valence-electron chi connectivity index (χ2n) is 6.23. The number of halogens is 1. The van der Waals surface area contributed by atoms with E-state index in [4.69, 9.17) is 0 Å². The molecular formula is C18H21FN2O2. The SMILES string of the molecule is CC(=O)N1CCCC(C(=O)N2CC=C(c3ccccc3F)C2)C1. The maximum Gasteiger partial charge on any atom is 0.228 e. The van der Waals surface area contributed by atoms with Gasteiger partial charge in [0.1, 0.15) is 5.82 Å². The number of benzene rings is 1. The van der Waals surface area contributed by atoms with Gasteiger partial charge in [-0.2, -0.15) is 0 Å². The third-order valence-electron chi connectivity index (χ3n) is 4.67. The highest BCUT2D eigenvalue weighted by atomic mass is 19.1. The van der Waals surface area contributed by atoms with E-state index in [9.17, 15) is 14.0 Å². The summed E-state index contributed by atoms with van der Waals surface area (Å²) in [5, 5.41) is 0. The molecule has 0 bridgehead atoms. The maximum absolute atomic E-state index is 13.9. The van der Waals surface area contributed by atoms with Gasteiger partial charge in [-0.25, -0.2) is 4.39 Å². The summed E-state index contributed by atoms with van der Waals surface area (Å²) in [4.78, 5) is 27.7. The van der Waals surface area contributed by atoms with Crippen molar-refractivity contribution in [2.75, 3.05) is 26.2 Å². The number of hydrogen-bond acceptors (Lipinski definition) is 2. The second-order valence-corrected chi connectivity index (χ2v) is 6.23. The standard InChI is InChI=1S/C18H21FN2O2/c1-13(22)20-9-4-5-15(12-20)18(23)21-10-8-14(11-21)16-6-2-3-7-17(16)19/h2-3,6-8,15H,4-5,9-12H2,1H3. The first kappa shape index (κ1) is 15.7. The van der Waals surface area contributed by atoms with Gasteiger partial charge in [-0.1, -0.05) is 24.3 Å². The van der Waals surface area contributed by atoms with Crippen LogP contribution in [0.5, 0.6) is 0 Å². The molecule has 0 N–H and O–H groups in total. The smallest absolute Gasteiger partial charge is 0.228 e. The molecule has 5 heteroatoms. The van der Waals surface area contributed by atoms with E-state index >= 15 is 0 Å². The number of hydrogen-bond donors (Lipinski definition) is 0. The molecule has 0 spiro atoms. The van der Waals surface area contributed by atoms with Crippen molar-refractivity contribution >= 4 is 17.4 Å². The molecular weight excluding hydrogens is 295 g/mol. The first-order chi connectivity index (χ1) is 11.1. The zero-order chi connectivity index (χ0) is 16.4. The average Bonchev–Trinajstić information content (AvgIpc) is 3.04. The summed E-state index contributed by atoms with van der Waals surface area (Å²) in [6.07, 6.45) is 3.59. The molecule has 23 heavy (non-hydrogen) atoms. The Hall–Kier alpha value is -2.17. The summed E-state index contributed by atoms with van der Waals surface area (Å²) in [6, 6.07) is 6.64. The van der Waals surface area contributed by atoms with Crippen LogP contribution >= 0.6 is 0 Å². The van der Waals surface area contributed by atoms with Gasteiger partial charge in [0, 0.05) is 38.7 Å². The van der Waals surface area contributed by atoms with E-state index < -0.39 is 0 Å². The van der Waals surface area contributed by atoms with Crippen LogP contribution in [0.4, 0.5) is 4.39 Å². The third kappa shape index (κ3) is 3.28. The van der Waals surface area contributed by atoms with Crippen LogP contribution in [-0.2, 0) is 9.59 Å². The first-order valence-corrected chi connectivity index (χ1v) is 8.04. The van der Waals surface area contributed by atoms with E-state index in [1.165, 1.54) is 6.07 Å². The van der Waals surface area contributed by atoms with E-state index in [1.54, 1.807) is 34.9 Å². The summed E-state index contributed by atoms with van der Waals surface area (Å²) in [6.45, 7) is 3.73. The van der Waals surface area contributed by atoms with Crippen LogP contribution in [0.25, 0.3) is 5.57 Å². The fourth-order valence-electron chi connectivity index (χ4n) is 3.36. The van der Waals surface area contributed by atoms with Gasteiger partial charge in [0.25, 0.3) is 0 Å². The van der Waals surface area contributed by atoms with Crippen LogP contribution in [0.3, 0.4) is 0 Å². The number of rotatable bonds is 2. The molecule has 1 fully saturated rings. The Morgan fingerprint density at radius 1 is 1.22 bits per heavy atom. The lowest BCUT2D eigenvalue weighted by atomic mass is 9.96. The molecule has 1 aromatic rings. The van der Waals surface area contributed by atoms with Crippen LogP contribution in [0, 0.1) is 11.7 Å². The van der Waals surface area contributed by atoms with Crippen molar-refractivity contribution in [2.45, 2.75) is 19.8 Å². The van der Waals surface area contributed by atoms with Crippen LogP contribution in [0.1, 0.15) is 25.3 Å². The number of piperidine rings is 1. The van der Waals surface area contributed by atoms with Gasteiger partial charge in [-0.05, 0) is 24.5 Å². The first-order valence-electron chi connectivity index (χ1n) is 8.04. The van der Waals surface area contributed by atoms with Gasteiger partial charge in [0.2, 0.25) is 11.8 Å².